The Balaban J connectivity index is 4.76. The minimum absolute atomic E-state index is 0.0504. The van der Waals surface area contributed by atoms with Gasteiger partial charge in [-0.2, -0.15) is 0 Å². The van der Waals surface area contributed by atoms with Crippen LogP contribution in [0.3, 0.4) is 0 Å². The first-order chi connectivity index (χ1) is 10.6. The van der Waals surface area contributed by atoms with Crippen LogP contribution in [-0.2, 0) is 23.9 Å². The van der Waals surface area contributed by atoms with E-state index in [0.29, 0.717) is 4.90 Å². The number of hydrogen-bond donors (Lipinski definition) is 1. The predicted molar refractivity (Wildman–Crippen MR) is 64.4 cm³/mol. The second-order valence-electron chi connectivity index (χ2n) is 3.62. The van der Waals surface area contributed by atoms with Gasteiger partial charge in [-0.25, -0.2) is 14.5 Å². The van der Waals surface area contributed by atoms with Gasteiger partial charge in [0.2, 0.25) is 19.2 Å². The molecule has 0 saturated heterocycles. The summed E-state index contributed by atoms with van der Waals surface area (Å²) in [6.45, 7) is -0.274. The highest BCUT2D eigenvalue weighted by Crippen LogP contribution is 2.09. The smallest absolute Gasteiger partial charge is 0.416 e. The monoisotopic (exact) mass is 291 g/mol. The van der Waals surface area contributed by atoms with Gasteiger partial charge in [-0.1, -0.05) is 0 Å². The van der Waals surface area contributed by atoms with E-state index in [4.69, 9.17) is 9.22 Å². The molecule has 0 aliphatic carbocycles. The summed E-state index contributed by atoms with van der Waals surface area (Å²) in [7, 11) is 0.925. The van der Waals surface area contributed by atoms with Crippen LogP contribution in [0.25, 0.3) is 0 Å². The van der Waals surface area contributed by atoms with Crippen LogP contribution in [0.4, 0.5) is 4.79 Å². The molecular weight excluding hydrogens is 272 g/mol. The molecule has 0 bridgehead atoms. The van der Waals surface area contributed by atoms with Crippen LogP contribution in [-0.4, -0.2) is 65.8 Å². The Morgan fingerprint density at radius 3 is 2.25 bits per heavy atom. The van der Waals surface area contributed by atoms with Gasteiger partial charge in [0.05, 0.1) is 7.11 Å². The molecule has 1 N–H and O–H groups in total. The molecule has 0 aromatic heterocycles. The Kier molecular flexibility index (Phi) is 5.96. The van der Waals surface area contributed by atoms with Crippen molar-refractivity contribution in [3.63, 3.8) is 0 Å². The molecule has 1 atom stereocenters. The van der Waals surface area contributed by atoms with E-state index in [1.807, 2.05) is 0 Å². The Bertz CT molecular complexity index is 486. The summed E-state index contributed by atoms with van der Waals surface area (Å²) >= 11 is 0. The normalized spacial score (nSPS) is 13.2. The van der Waals surface area contributed by atoms with Crippen molar-refractivity contribution in [2.24, 2.45) is 0 Å². The lowest BCUT2D eigenvalue weighted by Crippen LogP contribution is -2.44. The van der Waals surface area contributed by atoms with Crippen molar-refractivity contribution < 1.29 is 37.9 Å². The zero-order chi connectivity index (χ0) is 18.2. The van der Waals surface area contributed by atoms with Gasteiger partial charge in [-0.15, -0.1) is 0 Å². The molecule has 9 nitrogen and oxygen atoms in total. The number of aliphatic carboxylic acids is 1. The van der Waals surface area contributed by atoms with Crippen molar-refractivity contribution >= 4 is 31.2 Å². The van der Waals surface area contributed by atoms with Crippen LogP contribution in [0, 0.1) is 0 Å². The highest BCUT2D eigenvalue weighted by Gasteiger charge is 2.29. The zero-order valence-electron chi connectivity index (χ0n) is 13.7. The maximum Gasteiger partial charge on any atom is 0.416 e. The van der Waals surface area contributed by atoms with Gasteiger partial charge >= 0.3 is 12.1 Å². The second-order valence-corrected chi connectivity index (χ2v) is 3.62. The van der Waals surface area contributed by atoms with Gasteiger partial charge in [0.15, 0.2) is 0 Å². The van der Waals surface area contributed by atoms with Gasteiger partial charge in [0, 0.05) is 6.54 Å². The van der Waals surface area contributed by atoms with E-state index in [0.717, 1.165) is 7.11 Å². The Morgan fingerprint density at radius 2 is 1.85 bits per heavy atom. The summed E-state index contributed by atoms with van der Waals surface area (Å²) in [5.41, 5.74) is 0. The number of hydrogen-bond acceptors (Lipinski definition) is 6. The fourth-order valence-corrected chi connectivity index (χ4v) is 1.41. The van der Waals surface area contributed by atoms with Gasteiger partial charge in [0.1, 0.15) is 10.2 Å². The molecule has 0 aromatic carbocycles. The quantitative estimate of drug-likeness (QED) is 0.493. The molecule has 9 heteroatoms. The largest absolute Gasteiger partial charge is 0.480 e. The molecule has 0 aliphatic rings. The average molecular weight is 291 g/mol. The Hall–Kier alpha value is -2.45. The van der Waals surface area contributed by atoms with Crippen molar-refractivity contribution in [1.82, 2.24) is 9.80 Å². The standard InChI is InChI=1S/C11H16N2O7/c1-20-11(19)13(8-16)9(10(17)18)4-2-3-5-12(6-14)7-15/h6-9H,2-5H2,1H3,(H,17,18)/i6D,7D,8D. The van der Waals surface area contributed by atoms with Crippen molar-refractivity contribution in [2.45, 2.75) is 25.3 Å². The fraction of sp³-hybridized carbons (Fsp3) is 0.545. The first-order valence-electron chi connectivity index (χ1n) is 7.02. The number of carbonyl (C=O) groups excluding carboxylic acids is 4. The minimum Gasteiger partial charge on any atom is -0.480 e. The molecule has 4 amide bonds. The molecule has 0 saturated carbocycles. The van der Waals surface area contributed by atoms with E-state index >= 15 is 0 Å². The summed E-state index contributed by atoms with van der Waals surface area (Å²) in [6.07, 6.45) is -5.71. The second kappa shape index (κ2) is 9.48. The summed E-state index contributed by atoms with van der Waals surface area (Å²) in [6, 6.07) is -1.64. The van der Waals surface area contributed by atoms with E-state index in [9.17, 15) is 24.0 Å². The SMILES string of the molecule is [2H]C(=O)N(CCCCC(C(=O)O)N(C([2H])=O)C(=O)OC)C([2H])=O. The van der Waals surface area contributed by atoms with Crippen molar-refractivity contribution in [2.75, 3.05) is 13.7 Å². The topological polar surface area (TPSA) is 121 Å². The van der Waals surface area contributed by atoms with Crippen LogP contribution < -0.4 is 0 Å². The fourth-order valence-electron chi connectivity index (χ4n) is 1.41. The first-order valence-corrected chi connectivity index (χ1v) is 5.52. The van der Waals surface area contributed by atoms with Gasteiger partial charge in [-0.3, -0.25) is 19.3 Å². The maximum atomic E-state index is 11.4. The number of unbranched alkanes of at least 4 members (excludes halogenated alkanes) is 1. The first kappa shape index (κ1) is 12.6. The summed E-state index contributed by atoms with van der Waals surface area (Å²) in [4.78, 5) is 55.6. The lowest BCUT2D eigenvalue weighted by molar-refractivity contribution is -0.145. The van der Waals surface area contributed by atoms with Gasteiger partial charge < -0.3 is 9.84 Å². The lowest BCUT2D eigenvalue weighted by atomic mass is 10.1. The van der Waals surface area contributed by atoms with Crippen molar-refractivity contribution in [1.29, 1.82) is 0 Å². The number of ether oxygens (including phenoxy) is 1. The third-order valence-electron chi connectivity index (χ3n) is 2.40. The van der Waals surface area contributed by atoms with Crippen LogP contribution in [0.5, 0.6) is 0 Å². The number of carboxylic acids is 1. The number of nitrogens with zero attached hydrogens (tertiary/aromatic N) is 2. The van der Waals surface area contributed by atoms with Crippen LogP contribution in [0.1, 0.15) is 23.4 Å². The van der Waals surface area contributed by atoms with Crippen molar-refractivity contribution in [3.05, 3.63) is 0 Å². The van der Waals surface area contributed by atoms with E-state index < -0.39 is 37.3 Å². The molecule has 0 spiro atoms. The zero-order valence-corrected chi connectivity index (χ0v) is 10.7. The number of carbonyl (C=O) groups is 5. The lowest BCUT2D eigenvalue weighted by Gasteiger charge is -2.21. The average Bonchev–Trinajstić information content (AvgIpc) is 2.43. The van der Waals surface area contributed by atoms with E-state index in [1.54, 1.807) is 0 Å². The molecule has 0 rings (SSSR count). The molecule has 0 aromatic rings. The summed E-state index contributed by atoms with van der Waals surface area (Å²) in [5.74, 6) is -1.53. The molecule has 0 radical (unpaired) electrons. The van der Waals surface area contributed by atoms with E-state index in [1.165, 1.54) is 0 Å². The molecule has 0 fully saturated rings. The highest BCUT2D eigenvalue weighted by atomic mass is 16.5. The minimum atomic E-state index is -1.64. The molecule has 0 heterocycles. The summed E-state index contributed by atoms with van der Waals surface area (Å²) in [5, 5.41) is 9.06. The number of methoxy groups -OCH3 is 1. The number of amides is 4. The third-order valence-corrected chi connectivity index (χ3v) is 2.40. The molecule has 0 aliphatic heterocycles. The van der Waals surface area contributed by atoms with E-state index in [2.05, 4.69) is 4.74 Å². The number of rotatable bonds is 7. The number of imide groups is 2. The van der Waals surface area contributed by atoms with Gasteiger partial charge in [-0.05, 0) is 19.3 Å². The van der Waals surface area contributed by atoms with Crippen molar-refractivity contribution in [3.8, 4) is 0 Å². The highest BCUT2D eigenvalue weighted by molar-refractivity contribution is 5.88. The van der Waals surface area contributed by atoms with Crippen LogP contribution >= 0.6 is 0 Å². The molecular formula is C11H16N2O7. The Labute approximate surface area is 119 Å². The molecule has 112 valence electrons. The van der Waals surface area contributed by atoms with Crippen LogP contribution in [0.2, 0.25) is 0 Å². The molecule has 1 unspecified atom stereocenters. The number of carboxylic acid groups (broad SMARTS) is 1. The van der Waals surface area contributed by atoms with Gasteiger partial charge in [0.25, 0.3) is 0 Å². The summed E-state index contributed by atoms with van der Waals surface area (Å²) < 4.78 is 24.7. The van der Waals surface area contributed by atoms with Crippen LogP contribution in [0.15, 0.2) is 0 Å². The third kappa shape index (κ3) is 5.46. The maximum absolute atomic E-state index is 11.4. The Morgan fingerprint density at radius 1 is 1.25 bits per heavy atom. The predicted octanol–water partition coefficient (Wildman–Crippen LogP) is -0.550. The molecule has 20 heavy (non-hydrogen) atoms. The van der Waals surface area contributed by atoms with E-state index in [-0.39, 0.29) is 30.7 Å².